The minimum absolute atomic E-state index is 0.0434. The fourth-order valence-corrected chi connectivity index (χ4v) is 7.29. The van der Waals surface area contributed by atoms with Gasteiger partial charge >= 0.3 is 12.1 Å². The fourth-order valence-electron chi connectivity index (χ4n) is 7.16. The predicted molar refractivity (Wildman–Crippen MR) is 219 cm³/mol. The smallest absolute Gasteiger partial charge is 0.407 e. The van der Waals surface area contributed by atoms with Gasteiger partial charge in [-0.25, -0.2) is 9.59 Å². The molecule has 4 rings (SSSR count). The van der Waals surface area contributed by atoms with Gasteiger partial charge in [0.05, 0.1) is 25.2 Å². The van der Waals surface area contributed by atoms with Crippen LogP contribution in [0.15, 0.2) is 54.6 Å². The van der Waals surface area contributed by atoms with Crippen molar-refractivity contribution in [2.24, 2.45) is 17.6 Å². The number of halogens is 1. The normalized spacial score (nSPS) is 18.1. The second-order valence-electron chi connectivity index (χ2n) is 15.3. The van der Waals surface area contributed by atoms with E-state index in [-0.39, 0.29) is 37.8 Å². The van der Waals surface area contributed by atoms with Gasteiger partial charge in [-0.1, -0.05) is 88.4 Å². The third-order valence-electron chi connectivity index (χ3n) is 10.1. The Morgan fingerprint density at radius 3 is 2.20 bits per heavy atom. The Labute approximate surface area is 348 Å². The molecule has 5 atom stereocenters. The number of hydrogen-bond donors (Lipinski definition) is 7. The molecule has 2 unspecified atom stereocenters. The van der Waals surface area contributed by atoms with Gasteiger partial charge in [0.2, 0.25) is 29.4 Å². The number of amides is 8. The maximum absolute atomic E-state index is 14.5. The van der Waals surface area contributed by atoms with Crippen LogP contribution in [0.25, 0.3) is 0 Å². The minimum Gasteiger partial charge on any atom is -0.449 e. The van der Waals surface area contributed by atoms with Gasteiger partial charge in [-0.3, -0.25) is 28.8 Å². The molecule has 1 saturated carbocycles. The fraction of sp³-hybridized carbons (Fsp3) is 0.512. The van der Waals surface area contributed by atoms with Gasteiger partial charge in [0.15, 0.2) is 0 Å². The number of likely N-dealkylation sites (tertiary alicyclic amines) is 1. The SMILES string of the molecule is CCCC(NC(=O)C1C[C@H](NC(=O)Nc2ccc(Cl)cc2)CN1C(=O)[C@H](NC(=O)OCC(C)C)C1CCCCC1)C(=O)C(=O)NCC(=O)N[C@@H](C(N)=O)c1ccccc1. The minimum atomic E-state index is -1.34. The average Bonchev–Trinajstić information content (AvgIpc) is 3.64. The summed E-state index contributed by atoms with van der Waals surface area (Å²) in [4.78, 5) is 107. The molecule has 18 heteroatoms. The van der Waals surface area contributed by atoms with Gasteiger partial charge in [0.1, 0.15) is 18.1 Å². The largest absolute Gasteiger partial charge is 0.449 e. The van der Waals surface area contributed by atoms with E-state index < -0.39 is 84.2 Å². The number of ether oxygens (including phenoxy) is 1. The molecule has 1 aliphatic heterocycles. The van der Waals surface area contributed by atoms with Crippen LogP contribution in [0.1, 0.15) is 83.7 Å². The summed E-state index contributed by atoms with van der Waals surface area (Å²) in [6, 6.07) is 8.56. The third-order valence-corrected chi connectivity index (χ3v) is 10.4. The van der Waals surface area contributed by atoms with Crippen molar-refractivity contribution in [3.05, 3.63) is 65.2 Å². The molecule has 2 aromatic rings. The number of Topliss-reactive ketones (excluding diaryl/α,β-unsaturated/α-hetero) is 1. The van der Waals surface area contributed by atoms with Crippen molar-refractivity contribution in [3.63, 3.8) is 0 Å². The number of nitrogens with two attached hydrogens (primary N) is 1. The molecule has 59 heavy (non-hydrogen) atoms. The Balaban J connectivity index is 1.50. The van der Waals surface area contributed by atoms with Crippen molar-refractivity contribution in [3.8, 4) is 0 Å². The Morgan fingerprint density at radius 1 is 0.898 bits per heavy atom. The summed E-state index contributed by atoms with van der Waals surface area (Å²) in [6.07, 6.45) is 3.59. The molecule has 0 spiro atoms. The number of ketones is 1. The first-order chi connectivity index (χ1) is 28.2. The monoisotopic (exact) mass is 838 g/mol. The summed E-state index contributed by atoms with van der Waals surface area (Å²) >= 11 is 5.98. The lowest BCUT2D eigenvalue weighted by Crippen LogP contribution is -2.58. The second-order valence-corrected chi connectivity index (χ2v) is 15.7. The highest BCUT2D eigenvalue weighted by Crippen LogP contribution is 2.30. The zero-order chi connectivity index (χ0) is 43.1. The van der Waals surface area contributed by atoms with Crippen LogP contribution in [0.2, 0.25) is 5.02 Å². The zero-order valence-electron chi connectivity index (χ0n) is 33.6. The summed E-state index contributed by atoms with van der Waals surface area (Å²) in [6.45, 7) is 4.87. The Kier molecular flexibility index (Phi) is 17.5. The molecule has 1 heterocycles. The van der Waals surface area contributed by atoms with E-state index in [0.717, 1.165) is 19.3 Å². The Morgan fingerprint density at radius 2 is 1.58 bits per heavy atom. The van der Waals surface area contributed by atoms with Crippen molar-refractivity contribution in [2.45, 2.75) is 102 Å². The van der Waals surface area contributed by atoms with Gasteiger partial charge < -0.3 is 47.3 Å². The molecule has 8 amide bonds. The highest BCUT2D eigenvalue weighted by molar-refractivity contribution is 6.38. The van der Waals surface area contributed by atoms with E-state index in [4.69, 9.17) is 22.1 Å². The Bertz CT molecular complexity index is 1810. The summed E-state index contributed by atoms with van der Waals surface area (Å²) in [5.74, 6) is -5.31. The van der Waals surface area contributed by atoms with Crippen LogP contribution >= 0.6 is 11.6 Å². The Hall–Kier alpha value is -5.71. The van der Waals surface area contributed by atoms with Crippen LogP contribution in [0.3, 0.4) is 0 Å². The maximum Gasteiger partial charge on any atom is 0.407 e. The number of rotatable bonds is 18. The number of anilines is 1. The van der Waals surface area contributed by atoms with Gasteiger partial charge in [-0.05, 0) is 67.3 Å². The predicted octanol–water partition coefficient (Wildman–Crippen LogP) is 3.08. The third kappa shape index (κ3) is 14.0. The van der Waals surface area contributed by atoms with Crippen LogP contribution in [0.4, 0.5) is 15.3 Å². The van der Waals surface area contributed by atoms with E-state index in [1.165, 1.54) is 4.90 Å². The van der Waals surface area contributed by atoms with Crippen LogP contribution in [-0.2, 0) is 33.5 Å². The molecule has 1 aliphatic carbocycles. The summed E-state index contributed by atoms with van der Waals surface area (Å²) in [5, 5.41) is 16.1. The highest BCUT2D eigenvalue weighted by Gasteiger charge is 2.45. The van der Waals surface area contributed by atoms with E-state index in [0.29, 0.717) is 35.5 Å². The quantitative estimate of drug-likeness (QED) is 0.109. The molecule has 320 valence electrons. The number of primary amides is 1. The van der Waals surface area contributed by atoms with Crippen molar-refractivity contribution in [2.75, 3.05) is 25.0 Å². The number of carbonyl (C=O) groups excluding carboxylic acids is 8. The first kappa shape index (κ1) is 46.0. The van der Waals surface area contributed by atoms with Gasteiger partial charge in [0, 0.05) is 17.3 Å². The summed E-state index contributed by atoms with van der Waals surface area (Å²) < 4.78 is 5.37. The first-order valence-corrected chi connectivity index (χ1v) is 20.4. The van der Waals surface area contributed by atoms with E-state index in [9.17, 15) is 38.4 Å². The topological polar surface area (TPSA) is 247 Å². The summed E-state index contributed by atoms with van der Waals surface area (Å²) in [5.41, 5.74) is 6.35. The number of urea groups is 1. The molecule has 2 fully saturated rings. The molecule has 2 aliphatic rings. The van der Waals surface area contributed by atoms with E-state index in [1.54, 1.807) is 61.5 Å². The average molecular weight is 839 g/mol. The van der Waals surface area contributed by atoms with Gasteiger partial charge in [-0.15, -0.1) is 0 Å². The molecule has 0 bridgehead atoms. The molecule has 17 nitrogen and oxygen atoms in total. The zero-order valence-corrected chi connectivity index (χ0v) is 34.3. The number of hydrogen-bond acceptors (Lipinski definition) is 9. The van der Waals surface area contributed by atoms with E-state index in [1.807, 2.05) is 13.8 Å². The second kappa shape index (κ2) is 22.4. The van der Waals surface area contributed by atoms with E-state index in [2.05, 4.69) is 31.9 Å². The number of benzene rings is 2. The van der Waals surface area contributed by atoms with Crippen LogP contribution in [0.5, 0.6) is 0 Å². The number of nitrogens with one attached hydrogen (secondary N) is 6. The molecule has 8 N–H and O–H groups in total. The number of carbonyl (C=O) groups is 8. The lowest BCUT2D eigenvalue weighted by molar-refractivity contribution is -0.143. The van der Waals surface area contributed by atoms with Crippen LogP contribution < -0.4 is 37.6 Å². The number of alkyl carbamates (subject to hydrolysis) is 1. The molecule has 2 aromatic carbocycles. The van der Waals surface area contributed by atoms with Crippen molar-refractivity contribution in [1.82, 2.24) is 31.5 Å². The summed E-state index contributed by atoms with van der Waals surface area (Å²) in [7, 11) is 0. The lowest BCUT2D eigenvalue weighted by atomic mass is 9.83. The number of nitrogens with zero attached hydrogens (tertiary/aromatic N) is 1. The molecule has 1 saturated heterocycles. The van der Waals surface area contributed by atoms with Crippen LogP contribution in [0, 0.1) is 11.8 Å². The van der Waals surface area contributed by atoms with Crippen molar-refractivity contribution >= 4 is 64.7 Å². The molecular formula is C41H55ClN8O9. The van der Waals surface area contributed by atoms with E-state index >= 15 is 0 Å². The lowest BCUT2D eigenvalue weighted by Gasteiger charge is -2.34. The molecule has 0 radical (unpaired) electrons. The van der Waals surface area contributed by atoms with Crippen molar-refractivity contribution in [1.29, 1.82) is 0 Å². The standard InChI is InChI=1S/C41H55ClN8O9/c1-4-11-30(35(52)38(55)44-21-32(51)48-33(36(43)53)25-12-7-5-8-13-25)47-37(54)31-20-29(46-40(57)45-28-18-16-27(42)17-19-28)22-50(31)39(56)34(26-14-9-6-10-15-26)49-41(58)59-23-24(2)3/h5,7-8,12-13,16-19,24,26,29-31,33-34H,4,6,9-11,14-15,20-23H2,1-3H3,(H2,43,53)(H,44,55)(H,47,54)(H,48,51)(H,49,58)(H2,45,46,57)/t29-,30?,31?,33+,34+/m0/s1. The van der Waals surface area contributed by atoms with Crippen molar-refractivity contribution < 1.29 is 43.1 Å². The van der Waals surface area contributed by atoms with Crippen LogP contribution in [-0.4, -0.2) is 96.2 Å². The first-order valence-electron chi connectivity index (χ1n) is 20.0. The maximum atomic E-state index is 14.5. The molecular weight excluding hydrogens is 784 g/mol. The van der Waals surface area contributed by atoms with Gasteiger partial charge in [0.25, 0.3) is 5.91 Å². The van der Waals surface area contributed by atoms with Gasteiger partial charge in [-0.2, -0.15) is 0 Å². The molecule has 0 aromatic heterocycles. The highest BCUT2D eigenvalue weighted by atomic mass is 35.5.